The number of carboxylic acids is 1. The molecule has 0 saturated carbocycles. The van der Waals surface area contributed by atoms with Gasteiger partial charge in [-0.3, -0.25) is 4.79 Å². The second kappa shape index (κ2) is 6.18. The highest BCUT2D eigenvalue weighted by Gasteiger charge is 2.37. The highest BCUT2D eigenvalue weighted by molar-refractivity contribution is 7.91. The van der Waals surface area contributed by atoms with E-state index in [2.05, 4.69) is 0 Å². The van der Waals surface area contributed by atoms with Crippen molar-refractivity contribution in [2.75, 3.05) is 31.1 Å². The first-order valence-corrected chi connectivity index (χ1v) is 8.84. The van der Waals surface area contributed by atoms with Gasteiger partial charge in [-0.05, 0) is 12.8 Å². The van der Waals surface area contributed by atoms with Crippen molar-refractivity contribution in [1.82, 2.24) is 9.80 Å². The Hall–Kier alpha value is -1.35. The molecule has 9 heteroatoms. The first kappa shape index (κ1) is 16.0. The van der Waals surface area contributed by atoms with Crippen LogP contribution in [0.4, 0.5) is 4.79 Å². The molecule has 1 atom stereocenters. The Morgan fingerprint density at radius 2 is 1.81 bits per heavy atom. The molecule has 0 aromatic rings. The van der Waals surface area contributed by atoms with Crippen LogP contribution in [-0.2, 0) is 14.6 Å². The summed E-state index contributed by atoms with van der Waals surface area (Å²) >= 11 is 0. The van der Waals surface area contributed by atoms with E-state index >= 15 is 0 Å². The van der Waals surface area contributed by atoms with Crippen LogP contribution in [0, 0.1) is 0 Å². The topological polar surface area (TPSA) is 121 Å². The van der Waals surface area contributed by atoms with Crippen LogP contribution in [0.2, 0.25) is 0 Å². The molecule has 8 nitrogen and oxygen atoms in total. The normalized spacial score (nSPS) is 26.6. The monoisotopic (exact) mass is 319 g/mol. The van der Waals surface area contributed by atoms with E-state index in [1.54, 1.807) is 4.90 Å². The lowest BCUT2D eigenvalue weighted by molar-refractivity contribution is -0.138. The molecule has 0 aromatic carbocycles. The molecule has 2 aliphatic rings. The highest BCUT2D eigenvalue weighted by atomic mass is 32.2. The average Bonchev–Trinajstić information content (AvgIpc) is 2.37. The van der Waals surface area contributed by atoms with Crippen LogP contribution in [0.5, 0.6) is 0 Å². The van der Waals surface area contributed by atoms with Gasteiger partial charge in [0, 0.05) is 25.7 Å². The fourth-order valence-electron chi connectivity index (χ4n) is 2.78. The van der Waals surface area contributed by atoms with Crippen LogP contribution in [0.1, 0.15) is 19.3 Å². The second-order valence-electron chi connectivity index (χ2n) is 5.67. The molecule has 2 fully saturated rings. The lowest BCUT2D eigenvalue weighted by Crippen LogP contribution is -2.57. The molecule has 0 bridgehead atoms. The Morgan fingerprint density at radius 3 is 2.38 bits per heavy atom. The molecule has 2 amide bonds. The smallest absolute Gasteiger partial charge is 0.320 e. The minimum absolute atomic E-state index is 0.0572. The third-order valence-electron chi connectivity index (χ3n) is 4.00. The van der Waals surface area contributed by atoms with E-state index in [1.807, 2.05) is 0 Å². The Balaban J connectivity index is 2.08. The van der Waals surface area contributed by atoms with Crippen molar-refractivity contribution >= 4 is 21.8 Å². The van der Waals surface area contributed by atoms with Gasteiger partial charge in [-0.15, -0.1) is 0 Å². The summed E-state index contributed by atoms with van der Waals surface area (Å²) in [5.74, 6) is -1.49. The number of sulfone groups is 1. The van der Waals surface area contributed by atoms with Gasteiger partial charge in [-0.2, -0.15) is 0 Å². The molecule has 2 saturated heterocycles. The molecule has 21 heavy (non-hydrogen) atoms. The van der Waals surface area contributed by atoms with E-state index in [1.165, 1.54) is 4.90 Å². The summed E-state index contributed by atoms with van der Waals surface area (Å²) in [5.41, 5.74) is 5.80. The molecular weight excluding hydrogens is 298 g/mol. The number of nitrogens with zero attached hydrogens (tertiary/aromatic N) is 2. The fraction of sp³-hybridized carbons (Fsp3) is 0.833. The summed E-state index contributed by atoms with van der Waals surface area (Å²) in [6, 6.07) is -0.974. The molecule has 2 heterocycles. The number of carboxylic acid groups (broad SMARTS) is 1. The molecule has 2 aliphatic heterocycles. The molecule has 2 rings (SSSR count). The van der Waals surface area contributed by atoms with Crippen molar-refractivity contribution in [1.29, 1.82) is 0 Å². The number of hydrogen-bond donors (Lipinski definition) is 2. The second-order valence-corrected chi connectivity index (χ2v) is 7.90. The maximum Gasteiger partial charge on any atom is 0.320 e. The van der Waals surface area contributed by atoms with Gasteiger partial charge in [-0.1, -0.05) is 0 Å². The van der Waals surface area contributed by atoms with Gasteiger partial charge < -0.3 is 20.6 Å². The van der Waals surface area contributed by atoms with Crippen molar-refractivity contribution in [2.45, 2.75) is 31.3 Å². The number of carbonyl (C=O) groups excluding carboxylic acids is 1. The van der Waals surface area contributed by atoms with E-state index in [0.717, 1.165) is 0 Å². The zero-order valence-electron chi connectivity index (χ0n) is 11.8. The minimum atomic E-state index is -3.28. The summed E-state index contributed by atoms with van der Waals surface area (Å²) in [4.78, 5) is 26.4. The summed E-state index contributed by atoms with van der Waals surface area (Å²) in [5, 5.41) is 8.92. The molecule has 0 spiro atoms. The summed E-state index contributed by atoms with van der Waals surface area (Å²) < 4.78 is 23.3. The quantitative estimate of drug-likeness (QED) is 0.680. The van der Waals surface area contributed by atoms with Crippen molar-refractivity contribution < 1.29 is 23.1 Å². The van der Waals surface area contributed by atoms with E-state index < -0.39 is 21.8 Å². The zero-order chi connectivity index (χ0) is 15.6. The van der Waals surface area contributed by atoms with Gasteiger partial charge in [0.05, 0.1) is 24.0 Å². The Morgan fingerprint density at radius 1 is 1.19 bits per heavy atom. The fourth-order valence-corrected chi connectivity index (χ4v) is 4.31. The van der Waals surface area contributed by atoms with E-state index in [-0.39, 0.29) is 36.5 Å². The van der Waals surface area contributed by atoms with Gasteiger partial charge >= 0.3 is 12.0 Å². The maximum absolute atomic E-state index is 12.5. The molecule has 120 valence electrons. The van der Waals surface area contributed by atoms with Crippen LogP contribution in [0.3, 0.4) is 0 Å². The lowest BCUT2D eigenvalue weighted by atomic mass is 10.1. The van der Waals surface area contributed by atoms with E-state index in [9.17, 15) is 18.0 Å². The molecule has 3 N–H and O–H groups in total. The molecule has 1 unspecified atom stereocenters. The summed E-state index contributed by atoms with van der Waals surface area (Å²) in [6.07, 6.45) is 1.07. The molecule has 0 aliphatic carbocycles. The maximum atomic E-state index is 12.5. The number of carbonyl (C=O) groups is 2. The number of rotatable bonds is 2. The van der Waals surface area contributed by atoms with E-state index in [4.69, 9.17) is 10.8 Å². The SMILES string of the molecule is NC1CCN(C(=O)N2CCS(=O)(=O)CC2CC(=O)O)CC1. The summed E-state index contributed by atoms with van der Waals surface area (Å²) in [7, 11) is -3.28. The van der Waals surface area contributed by atoms with Gasteiger partial charge in [0.25, 0.3) is 0 Å². The first-order valence-electron chi connectivity index (χ1n) is 7.02. The molecule has 0 aromatic heterocycles. The highest BCUT2D eigenvalue weighted by Crippen LogP contribution is 2.19. The number of aliphatic carboxylic acids is 1. The van der Waals surface area contributed by atoms with Crippen molar-refractivity contribution in [2.24, 2.45) is 5.73 Å². The largest absolute Gasteiger partial charge is 0.481 e. The lowest BCUT2D eigenvalue weighted by Gasteiger charge is -2.40. The number of likely N-dealkylation sites (tertiary alicyclic amines) is 1. The number of urea groups is 1. The minimum Gasteiger partial charge on any atom is -0.481 e. The standard InChI is InChI=1S/C12H21N3O5S/c13-9-1-3-14(4-2-9)12(18)15-5-6-21(19,20)8-10(15)7-11(16)17/h9-10H,1-8,13H2,(H,16,17). The number of piperidine rings is 1. The first-order chi connectivity index (χ1) is 9.78. The van der Waals surface area contributed by atoms with Crippen LogP contribution in [0.15, 0.2) is 0 Å². The van der Waals surface area contributed by atoms with Gasteiger partial charge in [0.1, 0.15) is 0 Å². The van der Waals surface area contributed by atoms with Crippen molar-refractivity contribution in [3.05, 3.63) is 0 Å². The average molecular weight is 319 g/mol. The molecular formula is C12H21N3O5S. The predicted octanol–water partition coefficient (Wildman–Crippen LogP) is -0.897. The Bertz CT molecular complexity index is 513. The van der Waals surface area contributed by atoms with Gasteiger partial charge in [0.15, 0.2) is 9.84 Å². The Kier molecular flexibility index (Phi) is 4.72. The van der Waals surface area contributed by atoms with Crippen molar-refractivity contribution in [3.63, 3.8) is 0 Å². The third kappa shape index (κ3) is 4.07. The number of nitrogens with two attached hydrogens (primary N) is 1. The predicted molar refractivity (Wildman–Crippen MR) is 75.6 cm³/mol. The van der Waals surface area contributed by atoms with Crippen LogP contribution in [-0.4, -0.2) is 78.5 Å². The van der Waals surface area contributed by atoms with Crippen LogP contribution >= 0.6 is 0 Å². The molecule has 0 radical (unpaired) electrons. The van der Waals surface area contributed by atoms with Crippen LogP contribution < -0.4 is 5.73 Å². The number of hydrogen-bond acceptors (Lipinski definition) is 5. The van der Waals surface area contributed by atoms with Gasteiger partial charge in [-0.25, -0.2) is 13.2 Å². The third-order valence-corrected chi connectivity index (χ3v) is 5.69. The summed E-state index contributed by atoms with van der Waals surface area (Å²) in [6.45, 7) is 1.12. The van der Waals surface area contributed by atoms with E-state index in [0.29, 0.717) is 25.9 Å². The van der Waals surface area contributed by atoms with Crippen LogP contribution in [0.25, 0.3) is 0 Å². The van der Waals surface area contributed by atoms with Gasteiger partial charge in [0.2, 0.25) is 0 Å². The Labute approximate surface area is 123 Å². The zero-order valence-corrected chi connectivity index (χ0v) is 12.6. The van der Waals surface area contributed by atoms with Crippen molar-refractivity contribution in [3.8, 4) is 0 Å². The number of amides is 2.